The Morgan fingerprint density at radius 1 is 1.47 bits per heavy atom. The number of hydrogen-bond acceptors (Lipinski definition) is 4. The molecule has 0 unspecified atom stereocenters. The van der Waals surface area contributed by atoms with Gasteiger partial charge in [0.25, 0.3) is 5.91 Å². The van der Waals surface area contributed by atoms with Crippen LogP contribution in [0.15, 0.2) is 5.10 Å². The first-order valence-electron chi connectivity index (χ1n) is 6.90. The summed E-state index contributed by atoms with van der Waals surface area (Å²) in [6.45, 7) is 4.56. The molecular formula is C13H21N3O3. The molecular weight excluding hydrogens is 246 g/mol. The second-order valence-corrected chi connectivity index (χ2v) is 5.52. The Kier molecular flexibility index (Phi) is 4.52. The summed E-state index contributed by atoms with van der Waals surface area (Å²) < 4.78 is 0. The van der Waals surface area contributed by atoms with Gasteiger partial charge in [0.1, 0.15) is 5.71 Å². The van der Waals surface area contributed by atoms with Crippen molar-refractivity contribution in [2.24, 2.45) is 11.0 Å². The first kappa shape index (κ1) is 14.0. The van der Waals surface area contributed by atoms with E-state index in [0.29, 0.717) is 31.0 Å². The number of nitrogens with one attached hydrogen (secondary N) is 1. The predicted molar refractivity (Wildman–Crippen MR) is 70.1 cm³/mol. The third-order valence-corrected chi connectivity index (χ3v) is 3.28. The summed E-state index contributed by atoms with van der Waals surface area (Å²) in [4.78, 5) is 28.8. The molecule has 0 spiro atoms. The molecule has 1 saturated carbocycles. The van der Waals surface area contributed by atoms with E-state index in [4.69, 9.17) is 4.84 Å². The highest BCUT2D eigenvalue weighted by Gasteiger charge is 2.26. The largest absolute Gasteiger partial charge is 0.291 e. The molecule has 1 aliphatic carbocycles. The number of carbonyl (C=O) groups is 2. The quantitative estimate of drug-likeness (QED) is 0.761. The topological polar surface area (TPSA) is 71.0 Å². The second kappa shape index (κ2) is 6.14. The summed E-state index contributed by atoms with van der Waals surface area (Å²) in [5.74, 6) is -0.0281. The van der Waals surface area contributed by atoms with Crippen LogP contribution in [0.25, 0.3) is 0 Å². The van der Waals surface area contributed by atoms with Gasteiger partial charge in [-0.05, 0) is 25.2 Å². The molecule has 2 aliphatic rings. The molecule has 106 valence electrons. The van der Waals surface area contributed by atoms with E-state index in [9.17, 15) is 9.59 Å². The molecule has 1 aliphatic heterocycles. The van der Waals surface area contributed by atoms with E-state index >= 15 is 0 Å². The second-order valence-electron chi connectivity index (χ2n) is 5.52. The van der Waals surface area contributed by atoms with E-state index in [0.717, 1.165) is 19.3 Å². The van der Waals surface area contributed by atoms with Gasteiger partial charge < -0.3 is 0 Å². The van der Waals surface area contributed by atoms with Crippen LogP contribution < -0.4 is 5.48 Å². The Morgan fingerprint density at radius 2 is 2.21 bits per heavy atom. The van der Waals surface area contributed by atoms with Gasteiger partial charge in [-0.1, -0.05) is 13.8 Å². The number of hydroxylamine groups is 1. The van der Waals surface area contributed by atoms with Crippen molar-refractivity contribution < 1.29 is 14.4 Å². The average molecular weight is 267 g/mol. The van der Waals surface area contributed by atoms with Crippen molar-refractivity contribution in [3.05, 3.63) is 0 Å². The number of amides is 2. The van der Waals surface area contributed by atoms with Gasteiger partial charge in [0.2, 0.25) is 5.91 Å². The molecule has 1 heterocycles. The molecule has 19 heavy (non-hydrogen) atoms. The monoisotopic (exact) mass is 267 g/mol. The summed E-state index contributed by atoms with van der Waals surface area (Å²) in [7, 11) is 0. The summed E-state index contributed by atoms with van der Waals surface area (Å²) in [5.41, 5.74) is 2.81. The van der Waals surface area contributed by atoms with Crippen LogP contribution in [0.3, 0.4) is 0 Å². The molecule has 1 N–H and O–H groups in total. The molecule has 6 heteroatoms. The normalized spacial score (nSPS) is 20.3. The third kappa shape index (κ3) is 3.76. The Balaban J connectivity index is 1.89. The Bertz CT molecular complexity index is 389. The van der Waals surface area contributed by atoms with E-state index in [1.807, 2.05) is 13.8 Å². The lowest BCUT2D eigenvalue weighted by Crippen LogP contribution is -2.42. The summed E-state index contributed by atoms with van der Waals surface area (Å²) in [6, 6.07) is 0. The molecule has 0 aromatic heterocycles. The lowest BCUT2D eigenvalue weighted by molar-refractivity contribution is -0.137. The standard InChI is InChI=1S/C13H21N3O3/c1-9(2)8-16-12(17)7-6-11(14-16)13(18)15-19-10-4-3-5-10/h9-10H,3-8H2,1-2H3,(H,15,18). The Labute approximate surface area is 113 Å². The number of hydrazone groups is 1. The molecule has 0 radical (unpaired) electrons. The highest BCUT2D eigenvalue weighted by Crippen LogP contribution is 2.20. The summed E-state index contributed by atoms with van der Waals surface area (Å²) in [5, 5.41) is 5.53. The molecule has 0 aromatic carbocycles. The van der Waals surface area contributed by atoms with Gasteiger partial charge >= 0.3 is 0 Å². The predicted octanol–water partition coefficient (Wildman–Crippen LogP) is 1.22. The van der Waals surface area contributed by atoms with Crippen LogP contribution in [0.1, 0.15) is 46.0 Å². The van der Waals surface area contributed by atoms with Crippen molar-refractivity contribution in [3.63, 3.8) is 0 Å². The Morgan fingerprint density at radius 3 is 2.79 bits per heavy atom. The zero-order valence-corrected chi connectivity index (χ0v) is 11.5. The van der Waals surface area contributed by atoms with Crippen molar-refractivity contribution in [2.45, 2.75) is 52.1 Å². The fourth-order valence-corrected chi connectivity index (χ4v) is 1.94. The van der Waals surface area contributed by atoms with Crippen LogP contribution in [0.2, 0.25) is 0 Å². The number of nitrogens with zero attached hydrogens (tertiary/aromatic N) is 2. The molecule has 0 saturated heterocycles. The van der Waals surface area contributed by atoms with Gasteiger partial charge in [-0.25, -0.2) is 10.5 Å². The fourth-order valence-electron chi connectivity index (χ4n) is 1.94. The molecule has 2 rings (SSSR count). The van der Waals surface area contributed by atoms with Gasteiger partial charge in [0.05, 0.1) is 6.10 Å². The van der Waals surface area contributed by atoms with Crippen molar-refractivity contribution in [1.82, 2.24) is 10.5 Å². The van der Waals surface area contributed by atoms with Crippen molar-refractivity contribution in [2.75, 3.05) is 6.54 Å². The van der Waals surface area contributed by atoms with Gasteiger partial charge in [-0.15, -0.1) is 0 Å². The number of carbonyl (C=O) groups excluding carboxylic acids is 2. The maximum absolute atomic E-state index is 11.9. The van der Waals surface area contributed by atoms with Gasteiger partial charge in [-0.3, -0.25) is 14.4 Å². The summed E-state index contributed by atoms with van der Waals surface area (Å²) in [6.07, 6.45) is 3.99. The van der Waals surface area contributed by atoms with Crippen LogP contribution in [0, 0.1) is 5.92 Å². The van der Waals surface area contributed by atoms with E-state index < -0.39 is 0 Å². The van der Waals surface area contributed by atoms with Gasteiger partial charge in [0, 0.05) is 19.4 Å². The van der Waals surface area contributed by atoms with Crippen molar-refractivity contribution in [3.8, 4) is 0 Å². The van der Waals surface area contributed by atoms with Crippen LogP contribution >= 0.6 is 0 Å². The molecule has 0 bridgehead atoms. The zero-order chi connectivity index (χ0) is 13.8. The molecule has 0 aromatic rings. The van der Waals surface area contributed by atoms with Crippen LogP contribution in [-0.2, 0) is 14.4 Å². The Hall–Kier alpha value is -1.43. The number of hydrogen-bond donors (Lipinski definition) is 1. The van der Waals surface area contributed by atoms with E-state index in [2.05, 4.69) is 10.6 Å². The molecule has 6 nitrogen and oxygen atoms in total. The SMILES string of the molecule is CC(C)CN1N=C(C(=O)NOC2CCC2)CCC1=O. The maximum Gasteiger partial charge on any atom is 0.291 e. The lowest BCUT2D eigenvalue weighted by Gasteiger charge is -2.26. The van der Waals surface area contributed by atoms with E-state index in [1.54, 1.807) is 0 Å². The van der Waals surface area contributed by atoms with Crippen molar-refractivity contribution >= 4 is 17.5 Å². The average Bonchev–Trinajstić information content (AvgIpc) is 2.29. The third-order valence-electron chi connectivity index (χ3n) is 3.28. The first-order chi connectivity index (χ1) is 9.06. The minimum Gasteiger partial charge on any atom is -0.273 e. The van der Waals surface area contributed by atoms with Crippen molar-refractivity contribution in [1.29, 1.82) is 0 Å². The lowest BCUT2D eigenvalue weighted by atomic mass is 9.97. The van der Waals surface area contributed by atoms with Crippen LogP contribution in [0.4, 0.5) is 0 Å². The minimum atomic E-state index is -0.326. The van der Waals surface area contributed by atoms with Gasteiger partial charge in [0.15, 0.2) is 0 Å². The summed E-state index contributed by atoms with van der Waals surface area (Å²) >= 11 is 0. The zero-order valence-electron chi connectivity index (χ0n) is 11.5. The molecule has 2 amide bonds. The maximum atomic E-state index is 11.9. The fraction of sp³-hybridized carbons (Fsp3) is 0.769. The highest BCUT2D eigenvalue weighted by atomic mass is 16.7. The smallest absolute Gasteiger partial charge is 0.273 e. The number of rotatable bonds is 5. The van der Waals surface area contributed by atoms with E-state index in [-0.39, 0.29) is 17.9 Å². The highest BCUT2D eigenvalue weighted by molar-refractivity contribution is 6.39. The van der Waals surface area contributed by atoms with Crippen LogP contribution in [0.5, 0.6) is 0 Å². The molecule has 1 fully saturated rings. The first-order valence-corrected chi connectivity index (χ1v) is 6.90. The van der Waals surface area contributed by atoms with E-state index in [1.165, 1.54) is 5.01 Å². The van der Waals surface area contributed by atoms with Crippen LogP contribution in [-0.4, -0.2) is 35.2 Å². The molecule has 0 atom stereocenters. The minimum absolute atomic E-state index is 0.0230. The van der Waals surface area contributed by atoms with Gasteiger partial charge in [-0.2, -0.15) is 5.10 Å².